The summed E-state index contributed by atoms with van der Waals surface area (Å²) in [5.74, 6) is -0.179. The molecule has 3 unspecified atom stereocenters. The van der Waals surface area contributed by atoms with Crippen LogP contribution in [0.2, 0.25) is 0 Å². The van der Waals surface area contributed by atoms with Gasteiger partial charge in [-0.25, -0.2) is 4.57 Å². The lowest BCUT2D eigenvalue weighted by atomic mass is 10.0. The van der Waals surface area contributed by atoms with Crippen LogP contribution in [-0.2, 0) is 18.4 Å². The van der Waals surface area contributed by atoms with E-state index in [0.29, 0.717) is 17.4 Å². The first-order chi connectivity index (χ1) is 32.0. The fourth-order valence-electron chi connectivity index (χ4n) is 7.66. The number of carbonyl (C=O) groups is 1. The number of aliphatic hydroxyl groups excluding tert-OH is 1. The lowest BCUT2D eigenvalue weighted by Gasteiger charge is -2.25. The van der Waals surface area contributed by atoms with Gasteiger partial charge in [0.1, 0.15) is 13.2 Å². The highest BCUT2D eigenvalue weighted by molar-refractivity contribution is 7.47. The van der Waals surface area contributed by atoms with E-state index >= 15 is 0 Å². The number of allylic oxidation sites excluding steroid dienone is 11. The number of phosphoric ester groups is 1. The molecule has 0 spiro atoms. The number of phosphoric acid groups is 1. The highest BCUT2D eigenvalue weighted by Gasteiger charge is 2.27. The SMILES string of the molecule is CC/C=C\C/C=C\C/C=C\C/C=C\C/C=C\CCCCCCCCCCCCCCCCCCCCCC(=O)NC(COP(=O)(O)OCC[N+](C)(C)C)C(O)/C=C/CCCCCCCCC. The molecule has 3 N–H and O–H groups in total. The number of nitrogens with one attached hydrogen (secondary N) is 1. The van der Waals surface area contributed by atoms with Crippen LogP contribution in [0.5, 0.6) is 0 Å². The van der Waals surface area contributed by atoms with E-state index in [9.17, 15) is 19.4 Å². The van der Waals surface area contributed by atoms with Gasteiger partial charge in [0.2, 0.25) is 5.91 Å². The zero-order valence-corrected chi connectivity index (χ0v) is 44.6. The van der Waals surface area contributed by atoms with Crippen LogP contribution in [0.15, 0.2) is 72.9 Å². The molecule has 3 atom stereocenters. The number of unbranched alkanes of at least 4 members (excludes halogenated alkanes) is 26. The quantitative estimate of drug-likeness (QED) is 0.0243. The predicted molar refractivity (Wildman–Crippen MR) is 286 cm³/mol. The zero-order chi connectivity index (χ0) is 48.5. The molecule has 66 heavy (non-hydrogen) atoms. The number of amides is 1. The molecule has 0 aromatic heterocycles. The summed E-state index contributed by atoms with van der Waals surface area (Å²) in [4.78, 5) is 23.1. The van der Waals surface area contributed by atoms with Crippen molar-refractivity contribution in [3.63, 3.8) is 0 Å². The number of rotatable bonds is 49. The molecule has 0 aliphatic heterocycles. The molecule has 0 aromatic carbocycles. The van der Waals surface area contributed by atoms with Gasteiger partial charge in [-0.1, -0.05) is 234 Å². The molecule has 0 radical (unpaired) electrons. The number of carbonyl (C=O) groups excluding carboxylic acids is 1. The Kier molecular flexibility index (Phi) is 46.5. The summed E-state index contributed by atoms with van der Waals surface area (Å²) in [5, 5.41) is 13.8. The Labute approximate surface area is 408 Å². The minimum atomic E-state index is -4.34. The van der Waals surface area contributed by atoms with Gasteiger partial charge in [0.15, 0.2) is 0 Å². The van der Waals surface area contributed by atoms with Crippen LogP contribution < -0.4 is 5.32 Å². The molecule has 0 aliphatic carbocycles. The summed E-state index contributed by atoms with van der Waals surface area (Å²) in [6.07, 6.45) is 65.9. The Morgan fingerprint density at radius 2 is 0.909 bits per heavy atom. The molecule has 0 bridgehead atoms. The molecule has 0 aromatic rings. The van der Waals surface area contributed by atoms with E-state index in [1.165, 1.54) is 141 Å². The van der Waals surface area contributed by atoms with E-state index in [2.05, 4.69) is 79.9 Å². The van der Waals surface area contributed by atoms with E-state index in [4.69, 9.17) is 9.05 Å². The van der Waals surface area contributed by atoms with Gasteiger partial charge in [-0.05, 0) is 64.2 Å². The van der Waals surface area contributed by atoms with E-state index < -0.39 is 20.0 Å². The zero-order valence-electron chi connectivity index (χ0n) is 43.7. The lowest BCUT2D eigenvalue weighted by molar-refractivity contribution is -0.870. The Bertz CT molecular complexity index is 1300. The average molecular weight is 946 g/mol. The number of hydrogen-bond acceptors (Lipinski definition) is 5. The number of nitrogens with zero attached hydrogens (tertiary/aromatic N) is 1. The molecule has 9 heteroatoms. The van der Waals surface area contributed by atoms with Crippen LogP contribution in [0.1, 0.15) is 232 Å². The summed E-state index contributed by atoms with van der Waals surface area (Å²) in [6.45, 7) is 4.67. The number of quaternary nitrogens is 1. The van der Waals surface area contributed by atoms with Crippen LogP contribution >= 0.6 is 7.82 Å². The molecule has 0 fully saturated rings. The van der Waals surface area contributed by atoms with Crippen LogP contribution in [0.4, 0.5) is 0 Å². The largest absolute Gasteiger partial charge is 0.472 e. The van der Waals surface area contributed by atoms with Crippen molar-refractivity contribution >= 4 is 13.7 Å². The van der Waals surface area contributed by atoms with Crippen molar-refractivity contribution in [2.75, 3.05) is 40.9 Å². The van der Waals surface area contributed by atoms with Crippen molar-refractivity contribution in [3.8, 4) is 0 Å². The van der Waals surface area contributed by atoms with E-state index in [1.807, 2.05) is 27.2 Å². The standard InChI is InChI=1S/C57H105N2O6P/c1-6-8-10-12-14-16-17-18-19-20-21-22-23-24-25-26-27-28-29-30-31-32-33-34-35-36-37-38-39-40-41-43-45-47-49-51-57(61)58-55(54-65-66(62,63)64-53-52-59(3,4)5)56(60)50-48-46-44-42-15-13-11-9-7-2/h8,10,14,16,18-19,21-22,24-25,48,50,55-56,60H,6-7,9,11-13,15,17,20,23,26-47,49,51-54H2,1-5H3,(H-,58,61,62,63)/p+1/b10-8-,16-14-,19-18-,22-21-,25-24-,50-48+. The smallest absolute Gasteiger partial charge is 0.387 e. The van der Waals surface area contributed by atoms with Crippen LogP contribution in [0, 0.1) is 0 Å². The second kappa shape index (κ2) is 48.0. The Hall–Kier alpha value is -2.06. The highest BCUT2D eigenvalue weighted by Crippen LogP contribution is 2.43. The van der Waals surface area contributed by atoms with Gasteiger partial charge in [-0.2, -0.15) is 0 Å². The van der Waals surface area contributed by atoms with Crippen molar-refractivity contribution in [1.29, 1.82) is 0 Å². The fraction of sp³-hybridized carbons (Fsp3) is 0.772. The first kappa shape index (κ1) is 63.9. The van der Waals surface area contributed by atoms with Gasteiger partial charge < -0.3 is 19.8 Å². The predicted octanol–water partition coefficient (Wildman–Crippen LogP) is 16.3. The minimum Gasteiger partial charge on any atom is -0.387 e. The fourth-order valence-corrected chi connectivity index (χ4v) is 8.39. The summed E-state index contributed by atoms with van der Waals surface area (Å²) in [6, 6.07) is -0.845. The van der Waals surface area contributed by atoms with Crippen LogP contribution in [-0.4, -0.2) is 73.4 Å². The van der Waals surface area contributed by atoms with Crippen molar-refractivity contribution in [2.45, 2.75) is 244 Å². The molecule has 0 saturated carbocycles. The van der Waals surface area contributed by atoms with E-state index in [-0.39, 0.29) is 19.1 Å². The Balaban J connectivity index is 3.92. The van der Waals surface area contributed by atoms with Gasteiger partial charge in [0.05, 0.1) is 39.9 Å². The first-order valence-corrected chi connectivity index (χ1v) is 28.8. The van der Waals surface area contributed by atoms with Crippen molar-refractivity contribution in [2.24, 2.45) is 0 Å². The number of likely N-dealkylation sites (N-methyl/N-ethyl adjacent to an activating group) is 1. The number of aliphatic hydroxyl groups is 1. The summed E-state index contributed by atoms with van der Waals surface area (Å²) in [5.41, 5.74) is 0. The normalized spacial score (nSPS) is 14.6. The number of hydrogen-bond donors (Lipinski definition) is 3. The second-order valence-electron chi connectivity index (χ2n) is 19.6. The maximum Gasteiger partial charge on any atom is 0.472 e. The topological polar surface area (TPSA) is 105 Å². The summed E-state index contributed by atoms with van der Waals surface area (Å²) in [7, 11) is 1.57. The van der Waals surface area contributed by atoms with Crippen LogP contribution in [0.3, 0.4) is 0 Å². The third kappa shape index (κ3) is 49.8. The van der Waals surface area contributed by atoms with Gasteiger partial charge in [-0.3, -0.25) is 13.8 Å². The van der Waals surface area contributed by atoms with Gasteiger partial charge in [0.25, 0.3) is 0 Å². The van der Waals surface area contributed by atoms with Gasteiger partial charge >= 0.3 is 7.82 Å². The van der Waals surface area contributed by atoms with Gasteiger partial charge in [-0.15, -0.1) is 0 Å². The molecule has 0 heterocycles. The van der Waals surface area contributed by atoms with Gasteiger partial charge in [0, 0.05) is 6.42 Å². The summed E-state index contributed by atoms with van der Waals surface area (Å²) >= 11 is 0. The lowest BCUT2D eigenvalue weighted by Crippen LogP contribution is -2.45. The highest BCUT2D eigenvalue weighted by atomic mass is 31.2. The Morgan fingerprint density at radius 3 is 1.33 bits per heavy atom. The third-order valence-corrected chi connectivity index (χ3v) is 12.9. The first-order valence-electron chi connectivity index (χ1n) is 27.3. The summed E-state index contributed by atoms with van der Waals surface area (Å²) < 4.78 is 23.6. The molecule has 1 amide bonds. The molecule has 0 rings (SSSR count). The molecular weight excluding hydrogens is 840 g/mol. The monoisotopic (exact) mass is 946 g/mol. The molecule has 8 nitrogen and oxygen atoms in total. The Morgan fingerprint density at radius 1 is 0.530 bits per heavy atom. The second-order valence-corrected chi connectivity index (χ2v) is 21.0. The van der Waals surface area contributed by atoms with Crippen molar-refractivity contribution in [3.05, 3.63) is 72.9 Å². The van der Waals surface area contributed by atoms with E-state index in [1.54, 1.807) is 6.08 Å². The van der Waals surface area contributed by atoms with Crippen molar-refractivity contribution in [1.82, 2.24) is 5.32 Å². The third-order valence-electron chi connectivity index (χ3n) is 11.9. The van der Waals surface area contributed by atoms with E-state index in [0.717, 1.165) is 70.6 Å². The molecule has 0 aliphatic rings. The van der Waals surface area contributed by atoms with Crippen LogP contribution in [0.25, 0.3) is 0 Å². The van der Waals surface area contributed by atoms with Crippen molar-refractivity contribution < 1.29 is 32.9 Å². The minimum absolute atomic E-state index is 0.0605. The molecule has 0 saturated heterocycles. The molecule has 384 valence electrons. The maximum absolute atomic E-state index is 12.9. The maximum atomic E-state index is 12.9. The average Bonchev–Trinajstić information content (AvgIpc) is 3.28. The molecular formula is C57H106N2O6P+.